The van der Waals surface area contributed by atoms with Gasteiger partial charge in [0.25, 0.3) is 0 Å². The third-order valence-corrected chi connectivity index (χ3v) is 3.21. The van der Waals surface area contributed by atoms with E-state index in [-0.39, 0.29) is 5.91 Å². The third-order valence-electron chi connectivity index (χ3n) is 2.56. The van der Waals surface area contributed by atoms with Crippen LogP contribution in [0.1, 0.15) is 12.0 Å². The molecule has 1 aromatic carbocycles. The highest BCUT2D eigenvalue weighted by Gasteiger charge is 2.08. The number of rotatable bonds is 6. The minimum atomic E-state index is -0.0147. The fraction of sp³-hybridized carbons (Fsp3) is 0.462. The van der Waals surface area contributed by atoms with Crippen LogP contribution < -0.4 is 11.1 Å². The molecular weight excluding hydrogens is 294 g/mol. The Labute approximate surface area is 117 Å². The summed E-state index contributed by atoms with van der Waals surface area (Å²) >= 11 is 3.44. The maximum absolute atomic E-state index is 11.8. The van der Waals surface area contributed by atoms with Crippen LogP contribution >= 0.6 is 15.9 Å². The van der Waals surface area contributed by atoms with Crippen molar-refractivity contribution in [3.05, 3.63) is 28.2 Å². The molecule has 1 rings (SSSR count). The topological polar surface area (TPSA) is 58.4 Å². The van der Waals surface area contributed by atoms with Gasteiger partial charge < -0.3 is 11.1 Å². The van der Waals surface area contributed by atoms with Crippen molar-refractivity contribution in [2.75, 3.05) is 32.0 Å². The lowest BCUT2D eigenvalue weighted by atomic mass is 10.2. The summed E-state index contributed by atoms with van der Waals surface area (Å²) < 4.78 is 0.903. The normalized spacial score (nSPS) is 10.7. The molecule has 0 saturated carbocycles. The predicted octanol–water partition coefficient (Wildman–Crippen LogP) is 1.98. The standard InChI is InChI=1S/C13H20BrN3O/c1-10-4-5-12(11(14)8-10)16-13(18)9-17(2)7-3-6-15/h4-5,8H,3,6-7,9,15H2,1-2H3,(H,16,18). The molecule has 5 heteroatoms. The number of nitrogens with two attached hydrogens (primary N) is 1. The van der Waals surface area contributed by atoms with Gasteiger partial charge >= 0.3 is 0 Å². The number of likely N-dealkylation sites (N-methyl/N-ethyl adjacent to an activating group) is 1. The van der Waals surface area contributed by atoms with Crippen molar-refractivity contribution < 1.29 is 4.79 Å². The molecule has 1 aromatic rings. The van der Waals surface area contributed by atoms with E-state index in [9.17, 15) is 4.79 Å². The monoisotopic (exact) mass is 313 g/mol. The van der Waals surface area contributed by atoms with E-state index in [1.54, 1.807) is 0 Å². The maximum Gasteiger partial charge on any atom is 0.238 e. The van der Waals surface area contributed by atoms with Crippen molar-refractivity contribution >= 4 is 27.5 Å². The molecule has 0 aliphatic heterocycles. The molecule has 0 heterocycles. The van der Waals surface area contributed by atoms with Gasteiger partial charge in [0, 0.05) is 4.47 Å². The molecule has 0 atom stereocenters. The second kappa shape index (κ2) is 7.51. The van der Waals surface area contributed by atoms with Gasteiger partial charge in [0.1, 0.15) is 0 Å². The van der Waals surface area contributed by atoms with Gasteiger partial charge in [0.05, 0.1) is 12.2 Å². The summed E-state index contributed by atoms with van der Waals surface area (Å²) in [7, 11) is 1.92. The summed E-state index contributed by atoms with van der Waals surface area (Å²) in [5.74, 6) is -0.0147. The van der Waals surface area contributed by atoms with Crippen LogP contribution in [0.5, 0.6) is 0 Å². The zero-order chi connectivity index (χ0) is 13.5. The molecule has 0 unspecified atom stereocenters. The van der Waals surface area contributed by atoms with E-state index in [2.05, 4.69) is 21.2 Å². The smallest absolute Gasteiger partial charge is 0.238 e. The minimum Gasteiger partial charge on any atom is -0.330 e. The number of hydrogen-bond acceptors (Lipinski definition) is 3. The molecule has 0 radical (unpaired) electrons. The van der Waals surface area contributed by atoms with E-state index in [0.29, 0.717) is 13.1 Å². The Morgan fingerprint density at radius 2 is 2.22 bits per heavy atom. The maximum atomic E-state index is 11.8. The number of benzene rings is 1. The Bertz CT molecular complexity index is 409. The highest BCUT2D eigenvalue weighted by atomic mass is 79.9. The zero-order valence-corrected chi connectivity index (χ0v) is 12.5. The van der Waals surface area contributed by atoms with Crippen molar-refractivity contribution in [3.63, 3.8) is 0 Å². The van der Waals surface area contributed by atoms with E-state index < -0.39 is 0 Å². The number of carbonyl (C=O) groups is 1. The molecule has 0 saturated heterocycles. The lowest BCUT2D eigenvalue weighted by molar-refractivity contribution is -0.117. The molecule has 1 amide bonds. The van der Waals surface area contributed by atoms with Crippen molar-refractivity contribution in [2.45, 2.75) is 13.3 Å². The van der Waals surface area contributed by atoms with Crippen molar-refractivity contribution in [2.24, 2.45) is 5.73 Å². The second-order valence-corrected chi connectivity index (χ2v) is 5.27. The summed E-state index contributed by atoms with van der Waals surface area (Å²) in [4.78, 5) is 13.8. The molecular formula is C13H20BrN3O. The first-order valence-electron chi connectivity index (χ1n) is 5.97. The number of anilines is 1. The summed E-state index contributed by atoms with van der Waals surface area (Å²) in [5, 5.41) is 2.89. The minimum absolute atomic E-state index is 0.0147. The predicted molar refractivity (Wildman–Crippen MR) is 78.7 cm³/mol. The molecule has 0 aliphatic carbocycles. The van der Waals surface area contributed by atoms with Gasteiger partial charge in [-0.25, -0.2) is 0 Å². The Morgan fingerprint density at radius 1 is 1.50 bits per heavy atom. The largest absolute Gasteiger partial charge is 0.330 e. The average Bonchev–Trinajstić information content (AvgIpc) is 2.30. The molecule has 0 spiro atoms. The molecule has 0 aromatic heterocycles. The molecule has 4 nitrogen and oxygen atoms in total. The Kier molecular flexibility index (Phi) is 6.32. The number of hydrogen-bond donors (Lipinski definition) is 2. The molecule has 0 aliphatic rings. The van der Waals surface area contributed by atoms with Gasteiger partial charge in [-0.15, -0.1) is 0 Å². The van der Waals surface area contributed by atoms with Gasteiger partial charge in [-0.3, -0.25) is 9.69 Å². The summed E-state index contributed by atoms with van der Waals surface area (Å²) in [5.41, 5.74) is 7.39. The van der Waals surface area contributed by atoms with Crippen molar-refractivity contribution in [1.82, 2.24) is 4.90 Å². The number of aryl methyl sites for hydroxylation is 1. The Hall–Kier alpha value is -0.910. The highest BCUT2D eigenvalue weighted by molar-refractivity contribution is 9.10. The molecule has 0 fully saturated rings. The number of halogens is 1. The first-order chi connectivity index (χ1) is 8.52. The van der Waals surface area contributed by atoms with Crippen LogP contribution in [-0.2, 0) is 4.79 Å². The van der Waals surface area contributed by atoms with Gasteiger partial charge in [0.15, 0.2) is 0 Å². The third kappa shape index (κ3) is 5.16. The first kappa shape index (κ1) is 15.1. The van der Waals surface area contributed by atoms with Crippen molar-refractivity contribution in [1.29, 1.82) is 0 Å². The lowest BCUT2D eigenvalue weighted by Gasteiger charge is -2.16. The van der Waals surface area contributed by atoms with Gasteiger partial charge in [-0.1, -0.05) is 6.07 Å². The van der Waals surface area contributed by atoms with Crippen LogP contribution in [0.4, 0.5) is 5.69 Å². The zero-order valence-electron chi connectivity index (χ0n) is 10.9. The van der Waals surface area contributed by atoms with E-state index >= 15 is 0 Å². The van der Waals surface area contributed by atoms with Gasteiger partial charge in [-0.2, -0.15) is 0 Å². The molecule has 100 valence electrons. The van der Waals surface area contributed by atoms with Gasteiger partial charge in [-0.05, 0) is 67.1 Å². The van der Waals surface area contributed by atoms with E-state index in [0.717, 1.165) is 28.7 Å². The van der Waals surface area contributed by atoms with Crippen LogP contribution in [0.3, 0.4) is 0 Å². The fourth-order valence-corrected chi connectivity index (χ4v) is 2.19. The molecule has 18 heavy (non-hydrogen) atoms. The van der Waals surface area contributed by atoms with Crippen LogP contribution in [-0.4, -0.2) is 37.5 Å². The summed E-state index contributed by atoms with van der Waals surface area (Å²) in [6, 6.07) is 5.85. The average molecular weight is 314 g/mol. The highest BCUT2D eigenvalue weighted by Crippen LogP contribution is 2.23. The van der Waals surface area contributed by atoms with E-state index in [4.69, 9.17) is 5.73 Å². The van der Waals surface area contributed by atoms with E-state index in [1.165, 1.54) is 0 Å². The van der Waals surface area contributed by atoms with E-state index in [1.807, 2.05) is 37.1 Å². The quantitative estimate of drug-likeness (QED) is 0.844. The lowest BCUT2D eigenvalue weighted by Crippen LogP contribution is -2.31. The van der Waals surface area contributed by atoms with Crippen LogP contribution in [0.15, 0.2) is 22.7 Å². The summed E-state index contributed by atoms with van der Waals surface area (Å²) in [6.07, 6.45) is 0.901. The molecule has 3 N–H and O–H groups in total. The Balaban J connectivity index is 2.49. The van der Waals surface area contributed by atoms with Crippen LogP contribution in [0.25, 0.3) is 0 Å². The molecule has 0 bridgehead atoms. The Morgan fingerprint density at radius 3 is 2.83 bits per heavy atom. The second-order valence-electron chi connectivity index (χ2n) is 4.41. The van der Waals surface area contributed by atoms with Crippen LogP contribution in [0.2, 0.25) is 0 Å². The fourth-order valence-electron chi connectivity index (χ4n) is 1.60. The SMILES string of the molecule is Cc1ccc(NC(=O)CN(C)CCCN)c(Br)c1. The first-order valence-corrected chi connectivity index (χ1v) is 6.77. The van der Waals surface area contributed by atoms with Crippen molar-refractivity contribution in [3.8, 4) is 0 Å². The number of nitrogens with zero attached hydrogens (tertiary/aromatic N) is 1. The number of carbonyl (C=O) groups excluding carboxylic acids is 1. The van der Waals surface area contributed by atoms with Crippen LogP contribution in [0, 0.1) is 6.92 Å². The summed E-state index contributed by atoms with van der Waals surface area (Å²) in [6.45, 7) is 3.87. The number of nitrogens with one attached hydrogen (secondary N) is 1. The van der Waals surface area contributed by atoms with Gasteiger partial charge in [0.2, 0.25) is 5.91 Å². The number of amides is 1.